The molecule has 3 heterocycles. The van der Waals surface area contributed by atoms with E-state index in [1.165, 1.54) is 11.3 Å². The van der Waals surface area contributed by atoms with E-state index in [-0.39, 0.29) is 11.9 Å². The van der Waals surface area contributed by atoms with Crippen LogP contribution in [0.15, 0.2) is 12.3 Å². The van der Waals surface area contributed by atoms with Gasteiger partial charge in [-0.05, 0) is 12.5 Å². The molecule has 0 aromatic carbocycles. The van der Waals surface area contributed by atoms with Crippen molar-refractivity contribution in [2.24, 2.45) is 0 Å². The highest BCUT2D eigenvalue weighted by atomic mass is 32.1. The van der Waals surface area contributed by atoms with Crippen molar-refractivity contribution in [3.63, 3.8) is 0 Å². The molecule has 1 aliphatic heterocycles. The van der Waals surface area contributed by atoms with Crippen LogP contribution in [0, 0.1) is 0 Å². The molecule has 3 rings (SSSR count). The van der Waals surface area contributed by atoms with Crippen LogP contribution >= 0.6 is 11.3 Å². The number of rotatable bonds is 2. The average molecular weight is 264 g/mol. The largest absolute Gasteiger partial charge is 0.397 e. The Kier molecular flexibility index (Phi) is 2.85. The zero-order valence-electron chi connectivity index (χ0n) is 9.55. The van der Waals surface area contributed by atoms with E-state index >= 15 is 0 Å². The summed E-state index contributed by atoms with van der Waals surface area (Å²) in [5.74, 6) is -0.161. The minimum absolute atomic E-state index is 0.0770. The molecule has 0 aliphatic carbocycles. The number of carbonyl (C=O) groups is 1. The Morgan fingerprint density at radius 1 is 1.61 bits per heavy atom. The van der Waals surface area contributed by atoms with Gasteiger partial charge in [0.05, 0.1) is 24.5 Å². The maximum Gasteiger partial charge on any atom is 0.263 e. The lowest BCUT2D eigenvalue weighted by molar-refractivity contribution is 0.0935. The number of hydrogen-bond acceptors (Lipinski definition) is 6. The summed E-state index contributed by atoms with van der Waals surface area (Å²) in [6.07, 6.45) is 2.41. The molecule has 0 spiro atoms. The van der Waals surface area contributed by atoms with Gasteiger partial charge in [-0.15, -0.1) is 16.4 Å². The van der Waals surface area contributed by atoms with Crippen LogP contribution in [-0.2, 0) is 4.74 Å². The third-order valence-electron chi connectivity index (χ3n) is 2.89. The van der Waals surface area contributed by atoms with Crippen LogP contribution in [0.1, 0.15) is 16.1 Å². The average Bonchev–Trinajstić information content (AvgIpc) is 2.98. The summed E-state index contributed by atoms with van der Waals surface area (Å²) < 4.78 is 5.22. The maximum atomic E-state index is 12.1. The van der Waals surface area contributed by atoms with Gasteiger partial charge in [-0.25, -0.2) is 0 Å². The van der Waals surface area contributed by atoms with E-state index in [0.717, 1.165) is 11.8 Å². The number of nitrogens with two attached hydrogens (primary N) is 1. The molecule has 0 radical (unpaired) electrons. The molecule has 7 heteroatoms. The molecule has 1 atom stereocenters. The lowest BCUT2D eigenvalue weighted by Gasteiger charge is -2.09. The minimum Gasteiger partial charge on any atom is -0.397 e. The number of ether oxygens (including phenoxy) is 1. The molecule has 6 nitrogen and oxygen atoms in total. The third-order valence-corrected chi connectivity index (χ3v) is 4.00. The van der Waals surface area contributed by atoms with E-state index in [0.29, 0.717) is 28.6 Å². The first-order valence-corrected chi connectivity index (χ1v) is 6.45. The van der Waals surface area contributed by atoms with Crippen molar-refractivity contribution in [2.45, 2.75) is 12.5 Å². The maximum absolute atomic E-state index is 12.1. The van der Waals surface area contributed by atoms with Gasteiger partial charge in [-0.3, -0.25) is 4.79 Å². The summed E-state index contributed by atoms with van der Waals surface area (Å²) >= 11 is 1.26. The SMILES string of the molecule is Nc1c(C(=O)NC2CCOC2)sc2nnccc12. The Morgan fingerprint density at radius 3 is 3.22 bits per heavy atom. The van der Waals surface area contributed by atoms with Crippen LogP contribution in [-0.4, -0.2) is 35.4 Å². The Bertz CT molecular complexity index is 592. The van der Waals surface area contributed by atoms with Gasteiger partial charge < -0.3 is 15.8 Å². The quantitative estimate of drug-likeness (QED) is 0.837. The fraction of sp³-hybridized carbons (Fsp3) is 0.364. The Labute approximate surface area is 107 Å². The van der Waals surface area contributed by atoms with Gasteiger partial charge in [-0.2, -0.15) is 5.10 Å². The van der Waals surface area contributed by atoms with Gasteiger partial charge in [0.15, 0.2) is 0 Å². The van der Waals surface area contributed by atoms with Crippen molar-refractivity contribution >= 4 is 33.1 Å². The first kappa shape index (κ1) is 11.4. The van der Waals surface area contributed by atoms with Crippen molar-refractivity contribution < 1.29 is 9.53 Å². The van der Waals surface area contributed by atoms with E-state index in [1.807, 2.05) is 0 Å². The first-order valence-electron chi connectivity index (χ1n) is 5.64. The Balaban J connectivity index is 1.88. The van der Waals surface area contributed by atoms with Crippen molar-refractivity contribution in [1.82, 2.24) is 15.5 Å². The second-order valence-corrected chi connectivity index (χ2v) is 5.13. The van der Waals surface area contributed by atoms with E-state index in [9.17, 15) is 4.79 Å². The highest BCUT2D eigenvalue weighted by Gasteiger charge is 2.22. The normalized spacial score (nSPS) is 19.2. The molecular formula is C11H12N4O2S. The molecular weight excluding hydrogens is 252 g/mol. The smallest absolute Gasteiger partial charge is 0.263 e. The standard InChI is InChI=1S/C11H12N4O2S/c12-8-7-1-3-13-15-11(7)18-9(8)10(16)14-6-2-4-17-5-6/h1,3,6H,2,4-5,12H2,(H,14,16). The molecule has 1 saturated heterocycles. The zero-order chi connectivity index (χ0) is 12.5. The van der Waals surface area contributed by atoms with E-state index in [1.54, 1.807) is 12.3 Å². The highest BCUT2D eigenvalue weighted by Crippen LogP contribution is 2.31. The molecule has 2 aromatic heterocycles. The van der Waals surface area contributed by atoms with Crippen LogP contribution in [0.5, 0.6) is 0 Å². The predicted octanol–water partition coefficient (Wildman–Crippen LogP) is 0.792. The lowest BCUT2D eigenvalue weighted by atomic mass is 10.2. The van der Waals surface area contributed by atoms with Crippen LogP contribution in [0.25, 0.3) is 10.2 Å². The first-order chi connectivity index (χ1) is 8.75. The van der Waals surface area contributed by atoms with E-state index in [2.05, 4.69) is 15.5 Å². The number of aromatic nitrogens is 2. The number of nitrogen functional groups attached to an aromatic ring is 1. The second-order valence-electron chi connectivity index (χ2n) is 4.13. The summed E-state index contributed by atoms with van der Waals surface area (Å²) in [6, 6.07) is 1.84. The van der Waals surface area contributed by atoms with Gasteiger partial charge in [0.1, 0.15) is 9.71 Å². The minimum atomic E-state index is -0.161. The number of anilines is 1. The van der Waals surface area contributed by atoms with E-state index in [4.69, 9.17) is 10.5 Å². The molecule has 2 aromatic rings. The van der Waals surface area contributed by atoms with Crippen molar-refractivity contribution in [3.05, 3.63) is 17.1 Å². The van der Waals surface area contributed by atoms with E-state index < -0.39 is 0 Å². The number of amides is 1. The number of nitrogens with one attached hydrogen (secondary N) is 1. The fourth-order valence-electron chi connectivity index (χ4n) is 1.94. The topological polar surface area (TPSA) is 90.1 Å². The molecule has 1 fully saturated rings. The van der Waals surface area contributed by atoms with Crippen molar-refractivity contribution in [3.8, 4) is 0 Å². The number of carbonyl (C=O) groups excluding carboxylic acids is 1. The van der Waals surface area contributed by atoms with Crippen LogP contribution in [0.4, 0.5) is 5.69 Å². The number of hydrogen-bond donors (Lipinski definition) is 2. The van der Waals surface area contributed by atoms with Gasteiger partial charge >= 0.3 is 0 Å². The summed E-state index contributed by atoms with van der Waals surface area (Å²) in [5, 5.41) is 11.4. The van der Waals surface area contributed by atoms with Gasteiger partial charge in [0.2, 0.25) is 0 Å². The summed E-state index contributed by atoms with van der Waals surface area (Å²) in [5.41, 5.74) is 6.44. The van der Waals surface area contributed by atoms with Crippen LogP contribution < -0.4 is 11.1 Å². The molecule has 3 N–H and O–H groups in total. The highest BCUT2D eigenvalue weighted by molar-refractivity contribution is 7.21. The Morgan fingerprint density at radius 2 is 2.50 bits per heavy atom. The molecule has 1 amide bonds. The van der Waals surface area contributed by atoms with Crippen LogP contribution in [0.3, 0.4) is 0 Å². The molecule has 1 aliphatic rings. The molecule has 0 saturated carbocycles. The molecule has 18 heavy (non-hydrogen) atoms. The summed E-state index contributed by atoms with van der Waals surface area (Å²) in [6.45, 7) is 1.26. The van der Waals surface area contributed by atoms with Gasteiger partial charge in [0.25, 0.3) is 5.91 Å². The fourth-order valence-corrected chi connectivity index (χ4v) is 2.88. The number of thiophene rings is 1. The van der Waals surface area contributed by atoms with Gasteiger partial charge in [-0.1, -0.05) is 0 Å². The molecule has 94 valence electrons. The second kappa shape index (κ2) is 4.51. The van der Waals surface area contributed by atoms with Crippen molar-refractivity contribution in [2.75, 3.05) is 18.9 Å². The zero-order valence-corrected chi connectivity index (χ0v) is 10.4. The predicted molar refractivity (Wildman–Crippen MR) is 68.5 cm³/mol. The summed E-state index contributed by atoms with van der Waals surface area (Å²) in [4.78, 5) is 13.3. The van der Waals surface area contributed by atoms with Gasteiger partial charge in [0, 0.05) is 12.0 Å². The summed E-state index contributed by atoms with van der Waals surface area (Å²) in [7, 11) is 0. The van der Waals surface area contributed by atoms with Crippen molar-refractivity contribution in [1.29, 1.82) is 0 Å². The molecule has 1 unspecified atom stereocenters. The number of nitrogens with zero attached hydrogens (tertiary/aromatic N) is 2. The monoisotopic (exact) mass is 264 g/mol. The molecule has 0 bridgehead atoms. The third kappa shape index (κ3) is 1.91. The van der Waals surface area contributed by atoms with Crippen LogP contribution in [0.2, 0.25) is 0 Å². The Hall–Kier alpha value is -1.73. The number of fused-ring (bicyclic) bond motifs is 1. The lowest BCUT2D eigenvalue weighted by Crippen LogP contribution is -2.34.